The summed E-state index contributed by atoms with van der Waals surface area (Å²) < 4.78 is 5.97. The lowest BCUT2D eigenvalue weighted by molar-refractivity contribution is 0.0847. The number of carbonyl (C=O) groups excluding carboxylic acids is 1. The molecule has 2 aromatic carbocycles. The summed E-state index contributed by atoms with van der Waals surface area (Å²) in [5.41, 5.74) is 2.89. The summed E-state index contributed by atoms with van der Waals surface area (Å²) in [6.45, 7) is 3.57. The Morgan fingerprint density at radius 2 is 1.90 bits per heavy atom. The van der Waals surface area contributed by atoms with Crippen LogP contribution in [0, 0.1) is 13.8 Å². The van der Waals surface area contributed by atoms with Gasteiger partial charge < -0.3 is 9.84 Å². The standard InChI is InChI=1S/C17H16O3/c1-10-8-13-14(18)9-15(12-6-4-3-5-7-12)20-17(13)11(2)16(10)19/h3-8,15,19H,9H2,1-2H3. The first-order valence-electron chi connectivity index (χ1n) is 6.66. The first-order valence-corrected chi connectivity index (χ1v) is 6.66. The number of fused-ring (bicyclic) bond motifs is 1. The number of benzene rings is 2. The van der Waals surface area contributed by atoms with E-state index in [-0.39, 0.29) is 17.6 Å². The van der Waals surface area contributed by atoms with E-state index in [0.717, 1.165) is 5.56 Å². The number of phenols is 1. The number of aromatic hydroxyl groups is 1. The highest BCUT2D eigenvalue weighted by Crippen LogP contribution is 2.41. The average Bonchev–Trinajstić information content (AvgIpc) is 2.47. The highest BCUT2D eigenvalue weighted by atomic mass is 16.5. The van der Waals surface area contributed by atoms with Gasteiger partial charge in [-0.2, -0.15) is 0 Å². The minimum Gasteiger partial charge on any atom is -0.507 e. The molecule has 1 unspecified atom stereocenters. The number of aryl methyl sites for hydroxylation is 1. The fourth-order valence-corrected chi connectivity index (χ4v) is 2.63. The van der Waals surface area contributed by atoms with Gasteiger partial charge in [0.15, 0.2) is 5.78 Å². The first kappa shape index (κ1) is 12.7. The minimum atomic E-state index is -0.281. The van der Waals surface area contributed by atoms with Gasteiger partial charge in [-0.1, -0.05) is 30.3 Å². The van der Waals surface area contributed by atoms with Crippen molar-refractivity contribution >= 4 is 5.78 Å². The van der Waals surface area contributed by atoms with Crippen molar-refractivity contribution in [3.63, 3.8) is 0 Å². The Hall–Kier alpha value is -2.29. The number of hydrogen-bond donors (Lipinski definition) is 1. The number of ether oxygens (including phenoxy) is 1. The molecule has 2 aromatic rings. The highest BCUT2D eigenvalue weighted by Gasteiger charge is 2.30. The lowest BCUT2D eigenvalue weighted by Crippen LogP contribution is -2.21. The SMILES string of the molecule is Cc1cc2c(c(C)c1O)OC(c1ccccc1)CC2=O. The van der Waals surface area contributed by atoms with E-state index in [1.54, 1.807) is 19.9 Å². The Morgan fingerprint density at radius 3 is 2.60 bits per heavy atom. The maximum absolute atomic E-state index is 12.3. The molecule has 0 spiro atoms. The van der Waals surface area contributed by atoms with Crippen molar-refractivity contribution in [3.05, 3.63) is 58.7 Å². The van der Waals surface area contributed by atoms with Crippen molar-refractivity contribution in [1.82, 2.24) is 0 Å². The predicted molar refractivity (Wildman–Crippen MR) is 76.3 cm³/mol. The quantitative estimate of drug-likeness (QED) is 0.857. The minimum absolute atomic E-state index is 0.0614. The van der Waals surface area contributed by atoms with Gasteiger partial charge in [-0.05, 0) is 31.0 Å². The summed E-state index contributed by atoms with van der Waals surface area (Å²) in [5, 5.41) is 10.0. The van der Waals surface area contributed by atoms with E-state index in [4.69, 9.17) is 4.74 Å². The summed E-state index contributed by atoms with van der Waals surface area (Å²) >= 11 is 0. The van der Waals surface area contributed by atoms with E-state index in [1.807, 2.05) is 30.3 Å². The lowest BCUT2D eigenvalue weighted by Gasteiger charge is -2.27. The summed E-state index contributed by atoms with van der Waals surface area (Å²) in [6.07, 6.45) is 0.0534. The van der Waals surface area contributed by atoms with E-state index >= 15 is 0 Å². The van der Waals surface area contributed by atoms with Crippen LogP contribution in [0.2, 0.25) is 0 Å². The van der Waals surface area contributed by atoms with Crippen molar-refractivity contribution in [3.8, 4) is 11.5 Å². The molecule has 1 N–H and O–H groups in total. The third-order valence-electron chi connectivity index (χ3n) is 3.78. The third-order valence-corrected chi connectivity index (χ3v) is 3.78. The molecule has 102 valence electrons. The zero-order valence-electron chi connectivity index (χ0n) is 11.5. The smallest absolute Gasteiger partial charge is 0.170 e. The van der Waals surface area contributed by atoms with E-state index in [0.29, 0.717) is 28.9 Å². The molecule has 0 saturated heterocycles. The maximum Gasteiger partial charge on any atom is 0.170 e. The van der Waals surface area contributed by atoms with Gasteiger partial charge in [-0.25, -0.2) is 0 Å². The second-order valence-electron chi connectivity index (χ2n) is 5.19. The van der Waals surface area contributed by atoms with Crippen LogP contribution in [0.3, 0.4) is 0 Å². The van der Waals surface area contributed by atoms with Gasteiger partial charge in [0.25, 0.3) is 0 Å². The number of carbonyl (C=O) groups is 1. The largest absolute Gasteiger partial charge is 0.507 e. The second kappa shape index (κ2) is 4.67. The molecule has 0 amide bonds. The summed E-state index contributed by atoms with van der Waals surface area (Å²) in [5.74, 6) is 0.773. The van der Waals surface area contributed by atoms with Crippen molar-refractivity contribution in [2.24, 2.45) is 0 Å². The van der Waals surface area contributed by atoms with Gasteiger partial charge in [-0.3, -0.25) is 4.79 Å². The zero-order chi connectivity index (χ0) is 14.3. The summed E-state index contributed by atoms with van der Waals surface area (Å²) in [4.78, 5) is 12.3. The number of rotatable bonds is 1. The molecule has 3 heteroatoms. The third kappa shape index (κ3) is 1.95. The molecule has 1 atom stereocenters. The molecule has 0 aliphatic carbocycles. The van der Waals surface area contributed by atoms with Gasteiger partial charge in [0.2, 0.25) is 0 Å². The predicted octanol–water partition coefficient (Wildman–Crippen LogP) is 3.72. The molecule has 1 heterocycles. The van der Waals surface area contributed by atoms with E-state index in [1.165, 1.54) is 0 Å². The molecule has 1 aliphatic heterocycles. The van der Waals surface area contributed by atoms with Gasteiger partial charge in [0, 0.05) is 5.56 Å². The Balaban J connectivity index is 2.07. The Bertz CT molecular complexity index is 674. The van der Waals surface area contributed by atoms with Crippen molar-refractivity contribution in [1.29, 1.82) is 0 Å². The molecule has 0 radical (unpaired) electrons. The molecule has 0 bridgehead atoms. The number of phenolic OH excluding ortho intramolecular Hbond substituents is 1. The Morgan fingerprint density at radius 1 is 1.20 bits per heavy atom. The number of Topliss-reactive ketones (excluding diaryl/α,β-unsaturated/α-hetero) is 1. The molecule has 0 fully saturated rings. The molecule has 0 aromatic heterocycles. The Kier molecular flexibility index (Phi) is 2.97. The second-order valence-corrected chi connectivity index (χ2v) is 5.19. The van der Waals surface area contributed by atoms with Gasteiger partial charge in [-0.15, -0.1) is 0 Å². The number of ketones is 1. The average molecular weight is 268 g/mol. The van der Waals surface area contributed by atoms with E-state index in [2.05, 4.69) is 0 Å². The van der Waals surface area contributed by atoms with Crippen LogP contribution >= 0.6 is 0 Å². The van der Waals surface area contributed by atoms with Crippen LogP contribution in [-0.4, -0.2) is 10.9 Å². The van der Waals surface area contributed by atoms with Crippen LogP contribution in [-0.2, 0) is 0 Å². The van der Waals surface area contributed by atoms with Crippen LogP contribution in [0.15, 0.2) is 36.4 Å². The van der Waals surface area contributed by atoms with Crippen LogP contribution in [0.1, 0.15) is 39.6 Å². The summed E-state index contributed by atoms with van der Waals surface area (Å²) in [6, 6.07) is 11.4. The molecule has 1 aliphatic rings. The van der Waals surface area contributed by atoms with E-state index in [9.17, 15) is 9.90 Å². The van der Waals surface area contributed by atoms with Crippen molar-refractivity contribution in [2.45, 2.75) is 26.4 Å². The van der Waals surface area contributed by atoms with Gasteiger partial charge >= 0.3 is 0 Å². The first-order chi connectivity index (χ1) is 9.58. The normalized spacial score (nSPS) is 17.5. The fraction of sp³-hybridized carbons (Fsp3) is 0.235. The van der Waals surface area contributed by atoms with Crippen LogP contribution in [0.5, 0.6) is 11.5 Å². The molecular weight excluding hydrogens is 252 g/mol. The fourth-order valence-electron chi connectivity index (χ4n) is 2.63. The number of hydrogen-bond acceptors (Lipinski definition) is 3. The zero-order valence-corrected chi connectivity index (χ0v) is 11.5. The van der Waals surface area contributed by atoms with E-state index < -0.39 is 0 Å². The molecule has 0 saturated carbocycles. The maximum atomic E-state index is 12.3. The van der Waals surface area contributed by atoms with Crippen LogP contribution in [0.4, 0.5) is 0 Å². The molecule has 3 nitrogen and oxygen atoms in total. The highest BCUT2D eigenvalue weighted by molar-refractivity contribution is 6.01. The monoisotopic (exact) mass is 268 g/mol. The van der Waals surface area contributed by atoms with Crippen LogP contribution < -0.4 is 4.74 Å². The van der Waals surface area contributed by atoms with Crippen molar-refractivity contribution in [2.75, 3.05) is 0 Å². The lowest BCUT2D eigenvalue weighted by atomic mass is 9.93. The van der Waals surface area contributed by atoms with Crippen molar-refractivity contribution < 1.29 is 14.6 Å². The molecule has 20 heavy (non-hydrogen) atoms. The van der Waals surface area contributed by atoms with Gasteiger partial charge in [0.1, 0.15) is 17.6 Å². The Labute approximate surface area is 117 Å². The topological polar surface area (TPSA) is 46.5 Å². The molecule has 3 rings (SSSR count). The van der Waals surface area contributed by atoms with Crippen LogP contribution in [0.25, 0.3) is 0 Å². The molecular formula is C17H16O3. The van der Waals surface area contributed by atoms with Gasteiger partial charge in [0.05, 0.1) is 12.0 Å². The summed E-state index contributed by atoms with van der Waals surface area (Å²) in [7, 11) is 0.